The molecular formula is C26H20F2N4OS. The van der Waals surface area contributed by atoms with E-state index in [9.17, 15) is 8.78 Å². The number of hydrogen-bond acceptors (Lipinski definition) is 4. The van der Waals surface area contributed by atoms with Crippen LogP contribution in [0, 0.1) is 18.6 Å². The Labute approximate surface area is 200 Å². The fourth-order valence-electron chi connectivity index (χ4n) is 4.11. The van der Waals surface area contributed by atoms with Crippen molar-refractivity contribution in [2.45, 2.75) is 19.9 Å². The number of nitrogens with one attached hydrogen (secondary N) is 1. The maximum absolute atomic E-state index is 14.1. The molecule has 34 heavy (non-hydrogen) atoms. The van der Waals surface area contributed by atoms with Gasteiger partial charge < -0.3 is 9.84 Å². The molecule has 0 fully saturated rings. The van der Waals surface area contributed by atoms with Gasteiger partial charge in [0, 0.05) is 16.9 Å². The number of anilines is 1. The highest BCUT2D eigenvalue weighted by atomic mass is 32.1. The van der Waals surface area contributed by atoms with Gasteiger partial charge in [-0.05, 0) is 73.6 Å². The van der Waals surface area contributed by atoms with Gasteiger partial charge in [0.15, 0.2) is 5.11 Å². The van der Waals surface area contributed by atoms with E-state index in [4.69, 9.17) is 16.7 Å². The Kier molecular flexibility index (Phi) is 5.67. The number of hydrogen-bond donors (Lipinski definition) is 1. The number of benzene rings is 3. The van der Waals surface area contributed by atoms with Crippen LogP contribution in [0.25, 0.3) is 17.0 Å². The van der Waals surface area contributed by atoms with Gasteiger partial charge in [-0.3, -0.25) is 4.90 Å². The number of halogens is 2. The van der Waals surface area contributed by atoms with Crippen molar-refractivity contribution in [3.8, 4) is 11.4 Å². The minimum absolute atomic E-state index is 0.235. The number of nitrogens with zero attached hydrogens (tertiary/aromatic N) is 3. The Bertz CT molecular complexity index is 1430. The zero-order valence-corrected chi connectivity index (χ0v) is 19.2. The normalized spacial score (nSPS) is 16.1. The molecule has 0 saturated heterocycles. The van der Waals surface area contributed by atoms with Crippen molar-refractivity contribution in [2.24, 2.45) is 0 Å². The molecule has 4 aromatic rings. The zero-order chi connectivity index (χ0) is 23.8. The highest BCUT2D eigenvalue weighted by Crippen LogP contribution is 2.39. The van der Waals surface area contributed by atoms with E-state index in [0.717, 1.165) is 16.9 Å². The quantitative estimate of drug-likeness (QED) is 0.356. The van der Waals surface area contributed by atoms with Gasteiger partial charge in [0.05, 0.1) is 11.6 Å². The van der Waals surface area contributed by atoms with Crippen molar-refractivity contribution in [3.05, 3.63) is 107 Å². The van der Waals surface area contributed by atoms with E-state index in [0.29, 0.717) is 21.8 Å². The molecule has 0 saturated carbocycles. The summed E-state index contributed by atoms with van der Waals surface area (Å²) in [6.07, 6.45) is 0. The Morgan fingerprint density at radius 1 is 0.941 bits per heavy atom. The molecule has 1 N–H and O–H groups in total. The Balaban J connectivity index is 1.67. The van der Waals surface area contributed by atoms with Crippen molar-refractivity contribution in [1.82, 2.24) is 15.5 Å². The summed E-state index contributed by atoms with van der Waals surface area (Å²) in [4.78, 5) is 6.45. The molecule has 1 unspecified atom stereocenters. The first-order valence-electron chi connectivity index (χ1n) is 10.6. The second kappa shape index (κ2) is 8.79. The summed E-state index contributed by atoms with van der Waals surface area (Å²) in [6.45, 7) is 3.91. The van der Waals surface area contributed by atoms with Crippen LogP contribution in [0.2, 0.25) is 0 Å². The smallest absolute Gasteiger partial charge is 0.258 e. The molecule has 170 valence electrons. The van der Waals surface area contributed by atoms with Crippen molar-refractivity contribution >= 4 is 28.6 Å². The zero-order valence-electron chi connectivity index (χ0n) is 18.4. The number of aromatic nitrogens is 2. The number of aryl methyl sites for hydroxylation is 1. The summed E-state index contributed by atoms with van der Waals surface area (Å²) in [5.74, 6) is -0.275. The first kappa shape index (κ1) is 21.9. The molecular weight excluding hydrogens is 454 g/mol. The van der Waals surface area contributed by atoms with Crippen molar-refractivity contribution < 1.29 is 13.3 Å². The maximum atomic E-state index is 14.1. The van der Waals surface area contributed by atoms with Crippen LogP contribution < -0.4 is 10.2 Å². The molecule has 1 aliphatic heterocycles. The second-order valence-electron chi connectivity index (χ2n) is 8.04. The average molecular weight is 475 g/mol. The Morgan fingerprint density at radius 3 is 2.41 bits per heavy atom. The minimum Gasteiger partial charge on any atom is -0.351 e. The predicted molar refractivity (Wildman–Crippen MR) is 131 cm³/mol. The lowest BCUT2D eigenvalue weighted by molar-refractivity contribution is 0.404. The molecule has 0 aliphatic carbocycles. The van der Waals surface area contributed by atoms with E-state index in [1.54, 1.807) is 18.2 Å². The van der Waals surface area contributed by atoms with E-state index in [-0.39, 0.29) is 17.5 Å². The summed E-state index contributed by atoms with van der Waals surface area (Å²) in [7, 11) is 0. The largest absolute Gasteiger partial charge is 0.351 e. The van der Waals surface area contributed by atoms with Gasteiger partial charge in [0.2, 0.25) is 5.82 Å². The van der Waals surface area contributed by atoms with Crippen LogP contribution in [0.4, 0.5) is 14.5 Å². The number of rotatable bonds is 4. The highest BCUT2D eigenvalue weighted by Gasteiger charge is 2.35. The predicted octanol–water partition coefficient (Wildman–Crippen LogP) is 6.19. The maximum Gasteiger partial charge on any atom is 0.258 e. The summed E-state index contributed by atoms with van der Waals surface area (Å²) >= 11 is 5.72. The lowest BCUT2D eigenvalue weighted by Gasteiger charge is -2.37. The highest BCUT2D eigenvalue weighted by molar-refractivity contribution is 7.80. The lowest BCUT2D eigenvalue weighted by atomic mass is 9.94. The van der Waals surface area contributed by atoms with Gasteiger partial charge in [-0.25, -0.2) is 8.78 Å². The topological polar surface area (TPSA) is 54.2 Å². The summed E-state index contributed by atoms with van der Waals surface area (Å²) < 4.78 is 33.5. The van der Waals surface area contributed by atoms with Gasteiger partial charge in [0.1, 0.15) is 11.6 Å². The first-order chi connectivity index (χ1) is 16.4. The van der Waals surface area contributed by atoms with Crippen LogP contribution in [0.15, 0.2) is 83.0 Å². The average Bonchev–Trinajstić information content (AvgIpc) is 3.28. The van der Waals surface area contributed by atoms with Crippen molar-refractivity contribution in [3.63, 3.8) is 0 Å². The molecule has 5 rings (SSSR count). The number of allylic oxidation sites excluding steroid dienone is 1. The van der Waals surface area contributed by atoms with Gasteiger partial charge >= 0.3 is 0 Å². The molecule has 5 nitrogen and oxygen atoms in total. The van der Waals surface area contributed by atoms with Gasteiger partial charge in [0.25, 0.3) is 5.89 Å². The third-order valence-electron chi connectivity index (χ3n) is 5.67. The SMILES string of the molecule is CC1=C(c2nc(-c3cccc(F)c3)no2)C(c2cccc(F)c2)NC(=S)N1c1cccc(C)c1. The van der Waals surface area contributed by atoms with Gasteiger partial charge in [-0.1, -0.05) is 41.6 Å². The summed E-state index contributed by atoms with van der Waals surface area (Å²) in [5, 5.41) is 7.85. The van der Waals surface area contributed by atoms with Crippen LogP contribution in [-0.2, 0) is 0 Å². The molecule has 2 heterocycles. The summed E-state index contributed by atoms with van der Waals surface area (Å²) in [6, 6.07) is 19.7. The van der Waals surface area contributed by atoms with Crippen LogP contribution in [-0.4, -0.2) is 15.3 Å². The standard InChI is InChI=1S/C26H20F2N4OS/c1-15-6-3-11-21(12-15)32-16(2)22(23(29-26(32)34)17-7-4-9-19(27)13-17)25-30-24(31-33-25)18-8-5-10-20(28)14-18/h3-14,23H,1-2H3,(H,29,34). The van der Waals surface area contributed by atoms with Gasteiger partial charge in [-0.2, -0.15) is 4.98 Å². The van der Waals surface area contributed by atoms with E-state index in [1.165, 1.54) is 24.3 Å². The van der Waals surface area contributed by atoms with E-state index >= 15 is 0 Å². The Hall–Kier alpha value is -3.91. The molecule has 0 amide bonds. The molecule has 8 heteroatoms. The second-order valence-corrected chi connectivity index (χ2v) is 8.43. The van der Waals surface area contributed by atoms with Crippen LogP contribution in [0.3, 0.4) is 0 Å². The van der Waals surface area contributed by atoms with Crippen LogP contribution >= 0.6 is 12.2 Å². The summed E-state index contributed by atoms with van der Waals surface area (Å²) in [5.41, 5.74) is 4.51. The van der Waals surface area contributed by atoms with Crippen molar-refractivity contribution in [2.75, 3.05) is 4.90 Å². The number of thiocarbonyl (C=S) groups is 1. The Morgan fingerprint density at radius 2 is 1.68 bits per heavy atom. The van der Waals surface area contributed by atoms with E-state index in [2.05, 4.69) is 15.5 Å². The molecule has 0 spiro atoms. The molecule has 0 bridgehead atoms. The van der Waals surface area contributed by atoms with Crippen molar-refractivity contribution in [1.29, 1.82) is 0 Å². The fourth-order valence-corrected chi connectivity index (χ4v) is 4.47. The van der Waals surface area contributed by atoms with Crippen LogP contribution in [0.1, 0.15) is 30.0 Å². The molecule has 1 aliphatic rings. The molecule has 3 aromatic carbocycles. The molecule has 1 atom stereocenters. The molecule has 0 radical (unpaired) electrons. The van der Waals surface area contributed by atoms with E-state index < -0.39 is 11.9 Å². The van der Waals surface area contributed by atoms with E-state index in [1.807, 2.05) is 49.1 Å². The third kappa shape index (κ3) is 4.08. The van der Waals surface area contributed by atoms with Gasteiger partial charge in [-0.15, -0.1) is 0 Å². The first-order valence-corrected chi connectivity index (χ1v) is 11.0. The third-order valence-corrected chi connectivity index (χ3v) is 5.97. The lowest BCUT2D eigenvalue weighted by Crippen LogP contribution is -2.46. The fraction of sp³-hybridized carbons (Fsp3) is 0.115. The molecule has 1 aromatic heterocycles. The van der Waals surface area contributed by atoms with Crippen LogP contribution in [0.5, 0.6) is 0 Å². The monoisotopic (exact) mass is 474 g/mol. The minimum atomic E-state index is -0.523.